The average Bonchev–Trinajstić information content (AvgIpc) is 3.16. The van der Waals surface area contributed by atoms with E-state index in [0.29, 0.717) is 84.8 Å². The van der Waals surface area contributed by atoms with Gasteiger partial charge in [0, 0.05) is 62.8 Å². The van der Waals surface area contributed by atoms with E-state index in [-0.39, 0.29) is 65.5 Å². The molecule has 388 valence electrons. The van der Waals surface area contributed by atoms with Gasteiger partial charge in [0.2, 0.25) is 0 Å². The third kappa shape index (κ3) is 15.7. The van der Waals surface area contributed by atoms with Crippen molar-refractivity contribution in [2.24, 2.45) is 0 Å². The second kappa shape index (κ2) is 21.6. The summed E-state index contributed by atoms with van der Waals surface area (Å²) >= 11 is 0. The van der Waals surface area contributed by atoms with Crippen LogP contribution in [0.1, 0.15) is 99.9 Å². The van der Waals surface area contributed by atoms with Crippen LogP contribution in [0.2, 0.25) is 0 Å². The first-order valence-corrected chi connectivity index (χ1v) is 29.1. The molecule has 4 aliphatic rings. The van der Waals surface area contributed by atoms with Crippen LogP contribution in [0.5, 0.6) is 0 Å². The predicted octanol–water partition coefficient (Wildman–Crippen LogP) is 0.943. The fraction of sp³-hybridized carbons (Fsp3) is 0.360. The Morgan fingerprint density at radius 1 is 0.446 bits per heavy atom. The van der Waals surface area contributed by atoms with E-state index < -0.39 is 85.6 Å². The predicted molar refractivity (Wildman–Crippen MR) is 285 cm³/mol. The second-order valence-corrected chi connectivity index (χ2v) is 26.9. The van der Waals surface area contributed by atoms with Crippen molar-refractivity contribution in [3.8, 4) is 0 Å². The molecule has 18 nitrogen and oxygen atoms in total. The van der Waals surface area contributed by atoms with Crippen molar-refractivity contribution >= 4 is 96.9 Å². The number of nitrogens with two attached hydrogens (primary N) is 2. The zero-order valence-corrected chi connectivity index (χ0v) is 50.4. The van der Waals surface area contributed by atoms with E-state index in [2.05, 4.69) is 21.3 Å². The Kier molecular flexibility index (Phi) is 17.8. The Bertz CT molecular complexity index is 3290. The third-order valence-electron chi connectivity index (χ3n) is 12.3. The quantitative estimate of drug-likeness (QED) is 0.0556. The van der Waals surface area contributed by atoms with E-state index in [4.69, 9.17) is 11.5 Å². The number of nitrogens with one attached hydrogen (secondary N) is 4. The molecule has 74 heavy (non-hydrogen) atoms. The van der Waals surface area contributed by atoms with Crippen molar-refractivity contribution in [2.45, 2.75) is 90.4 Å². The number of hydrogen-bond acceptors (Lipinski definition) is 16. The van der Waals surface area contributed by atoms with Gasteiger partial charge < -0.3 is 41.8 Å². The number of benzene rings is 4. The van der Waals surface area contributed by atoms with E-state index in [1.807, 2.05) is 104 Å². The summed E-state index contributed by atoms with van der Waals surface area (Å²) < 4.78 is 135. The van der Waals surface area contributed by atoms with Gasteiger partial charge >= 0.3 is 59.1 Å². The third-order valence-corrected chi connectivity index (χ3v) is 15.0. The molecule has 0 fully saturated rings. The summed E-state index contributed by atoms with van der Waals surface area (Å²) in [6, 6.07) is 18.7. The van der Waals surface area contributed by atoms with Gasteiger partial charge in [0.15, 0.2) is 0 Å². The zero-order valence-electron chi connectivity index (χ0n) is 43.1. The Morgan fingerprint density at radius 2 is 0.743 bits per heavy atom. The second-order valence-electron chi connectivity index (χ2n) is 21.2. The van der Waals surface area contributed by atoms with Crippen molar-refractivity contribution < 1.29 is 111 Å². The van der Waals surface area contributed by atoms with Crippen LogP contribution < -0.4 is 91.8 Å². The summed E-state index contributed by atoms with van der Waals surface area (Å²) in [5.41, 5.74) is 21.5. The maximum atomic E-state index is 11.6. The molecule has 4 aliphatic heterocycles. The summed E-state index contributed by atoms with van der Waals surface area (Å²) in [4.78, 5) is 0. The number of hydrogen-bond donors (Lipinski definition) is 8. The molecule has 0 aromatic heterocycles. The van der Waals surface area contributed by atoms with Gasteiger partial charge in [-0.25, -0.2) is 16.8 Å². The van der Waals surface area contributed by atoms with Crippen molar-refractivity contribution in [2.75, 3.05) is 55.7 Å². The van der Waals surface area contributed by atoms with Gasteiger partial charge in [0.1, 0.15) is 11.5 Å². The summed E-state index contributed by atoms with van der Waals surface area (Å²) in [5.74, 6) is -2.34. The number of rotatable bonds is 12. The van der Waals surface area contributed by atoms with Crippen LogP contribution in [0.15, 0.2) is 85.0 Å². The maximum Gasteiger partial charge on any atom is 1.00 e. The van der Waals surface area contributed by atoms with Gasteiger partial charge in [0.25, 0.3) is 20.2 Å². The molecule has 4 aromatic rings. The fourth-order valence-corrected chi connectivity index (χ4v) is 12.4. The van der Waals surface area contributed by atoms with Crippen LogP contribution in [-0.2, 0) is 53.3 Å². The fourth-order valence-electron chi connectivity index (χ4n) is 9.94. The SMILES string of the molecule is CC1(C)C=C(CS(=O)(=O)O)c2cc(Cc3ccc4c(c3)C(CS(=O)(=O)O)=CC(C)(C)N4)ccc2N1.CC1(C)C=C(CS(=O)(=O)[O-])c2c(ccc(Cc3ccc4c(c3N)C(CS(=O)(=O)[O-])=CC(C)(C)N4)c2N)N1.[Na+].[Na+]. The standard InChI is InChI=1S/C25H32N4O6S2.C25H30N2O6S2.2Na/c1-24(2)10-16(12-36(30,31)32)20-18(28-24)7-5-14(22(20)26)9-15-6-8-19-21(23(15)27)17(13-37(33,34)35)11-25(3,4)29-19;1-24(2)12-18(14-34(28,29)30)20-10-16(5-7-22(20)26-24)9-17-6-8-23-21(11-17)19(15-35(31,32)33)13-25(3,4)27-23;;/h5-8,10-11,28-29H,9,12-13,26-27H2,1-4H3,(H,30,31,32)(H,33,34,35);5-8,10-13,26-27H,9,14-15H2,1-4H3,(H,28,29,30)(H,31,32,33);;/q;;2*+1/p-2. The van der Waals surface area contributed by atoms with Crippen molar-refractivity contribution in [1.29, 1.82) is 0 Å². The van der Waals surface area contributed by atoms with Crippen molar-refractivity contribution in [1.82, 2.24) is 0 Å². The average molecular weight is 1110 g/mol. The Labute approximate surface area is 479 Å². The molecule has 0 bridgehead atoms. The van der Waals surface area contributed by atoms with Gasteiger partial charge in [-0.05, 0) is 143 Å². The maximum absolute atomic E-state index is 11.6. The molecule has 0 saturated heterocycles. The number of nitrogen functional groups attached to an aromatic ring is 2. The molecule has 8 rings (SSSR count). The molecule has 10 N–H and O–H groups in total. The Hall–Kier alpha value is -3.72. The van der Waals surface area contributed by atoms with E-state index in [9.17, 15) is 51.9 Å². The molecule has 0 amide bonds. The van der Waals surface area contributed by atoms with E-state index in [0.717, 1.165) is 22.5 Å². The molecule has 0 aliphatic carbocycles. The first kappa shape index (κ1) is 61.1. The van der Waals surface area contributed by atoms with Crippen LogP contribution in [0.25, 0.3) is 22.3 Å². The molecule has 0 atom stereocenters. The van der Waals surface area contributed by atoms with Crippen LogP contribution in [0.3, 0.4) is 0 Å². The normalized spacial score (nSPS) is 17.7. The molecule has 0 saturated carbocycles. The van der Waals surface area contributed by atoms with Crippen molar-refractivity contribution in [3.05, 3.63) is 129 Å². The van der Waals surface area contributed by atoms with Crippen LogP contribution in [0.4, 0.5) is 34.1 Å². The van der Waals surface area contributed by atoms with Crippen LogP contribution in [-0.4, -0.2) is 97.0 Å². The summed E-state index contributed by atoms with van der Waals surface area (Å²) in [5, 5.41) is 13.3. The number of fused-ring (bicyclic) bond motifs is 4. The molecule has 4 aromatic carbocycles. The summed E-state index contributed by atoms with van der Waals surface area (Å²) in [7, 11) is -17.5. The van der Waals surface area contributed by atoms with Gasteiger partial charge in [-0.1, -0.05) is 48.6 Å². The molecule has 4 heterocycles. The van der Waals surface area contributed by atoms with Gasteiger partial charge in [0.05, 0.1) is 53.9 Å². The summed E-state index contributed by atoms with van der Waals surface area (Å²) in [6.07, 6.45) is 7.76. The van der Waals surface area contributed by atoms with Gasteiger partial charge in [-0.2, -0.15) is 16.8 Å². The van der Waals surface area contributed by atoms with Crippen LogP contribution in [0, 0.1) is 0 Å². The molecule has 24 heteroatoms. The minimum absolute atomic E-state index is 0. The van der Waals surface area contributed by atoms with Crippen LogP contribution >= 0.6 is 0 Å². The van der Waals surface area contributed by atoms with Gasteiger partial charge in [-0.15, -0.1) is 0 Å². The smallest absolute Gasteiger partial charge is 0.748 e. The first-order valence-electron chi connectivity index (χ1n) is 22.7. The molecular formula is C50H60N6Na2O12S4. The topological polar surface area (TPSA) is 323 Å². The van der Waals surface area contributed by atoms with Gasteiger partial charge in [-0.3, -0.25) is 9.11 Å². The molecule has 0 radical (unpaired) electrons. The largest absolute Gasteiger partial charge is 1.00 e. The van der Waals surface area contributed by atoms with Crippen molar-refractivity contribution in [3.63, 3.8) is 0 Å². The molecule has 0 unspecified atom stereocenters. The van der Waals surface area contributed by atoms with E-state index in [1.165, 1.54) is 0 Å². The molecular weight excluding hydrogens is 1050 g/mol. The molecule has 0 spiro atoms. The monoisotopic (exact) mass is 1110 g/mol. The minimum atomic E-state index is -4.56. The minimum Gasteiger partial charge on any atom is -0.748 e. The number of anilines is 6. The Balaban J connectivity index is 0.000000267. The summed E-state index contributed by atoms with van der Waals surface area (Å²) in [6.45, 7) is 15.1. The van der Waals surface area contributed by atoms with E-state index in [1.54, 1.807) is 36.4 Å². The van der Waals surface area contributed by atoms with E-state index >= 15 is 0 Å². The first-order chi connectivity index (χ1) is 32.8. The Morgan fingerprint density at radius 3 is 1.05 bits per heavy atom. The zero-order chi connectivity index (χ0) is 53.4.